The van der Waals surface area contributed by atoms with Gasteiger partial charge in [-0.25, -0.2) is 4.98 Å². The van der Waals surface area contributed by atoms with Crippen molar-refractivity contribution in [3.8, 4) is 0 Å². The standard InChI is InChI=1S/C18H18ClN5/c1-24(13-9-14-6-10-20-11-7-14)17-8-12-21-18(23-17)22-16-5-3-2-4-15(16)19/h2-8,10-12H,9,13H2,1H3,(H,21,22,23). The molecule has 0 radical (unpaired) electrons. The highest BCUT2D eigenvalue weighted by molar-refractivity contribution is 6.33. The maximum Gasteiger partial charge on any atom is 0.229 e. The molecule has 1 aromatic carbocycles. The zero-order valence-electron chi connectivity index (χ0n) is 13.4. The van der Waals surface area contributed by atoms with E-state index in [1.807, 2.05) is 61.9 Å². The molecule has 3 rings (SSSR count). The topological polar surface area (TPSA) is 53.9 Å². The van der Waals surface area contributed by atoms with Crippen molar-refractivity contribution < 1.29 is 0 Å². The normalized spacial score (nSPS) is 10.4. The van der Waals surface area contributed by atoms with Gasteiger partial charge in [0.2, 0.25) is 5.95 Å². The van der Waals surface area contributed by atoms with Gasteiger partial charge in [-0.15, -0.1) is 0 Å². The fourth-order valence-corrected chi connectivity index (χ4v) is 2.45. The van der Waals surface area contributed by atoms with Gasteiger partial charge in [-0.05, 0) is 42.3 Å². The van der Waals surface area contributed by atoms with Gasteiger partial charge in [0.05, 0.1) is 10.7 Å². The molecule has 2 heterocycles. The molecular weight excluding hydrogens is 322 g/mol. The second kappa shape index (κ2) is 7.75. The van der Waals surface area contributed by atoms with Gasteiger partial charge in [0, 0.05) is 32.2 Å². The molecule has 0 amide bonds. The van der Waals surface area contributed by atoms with Crippen molar-refractivity contribution in [1.29, 1.82) is 0 Å². The van der Waals surface area contributed by atoms with Crippen molar-refractivity contribution in [2.45, 2.75) is 6.42 Å². The molecule has 0 aliphatic rings. The third-order valence-electron chi connectivity index (χ3n) is 3.64. The van der Waals surface area contributed by atoms with Crippen LogP contribution in [0, 0.1) is 0 Å². The van der Waals surface area contributed by atoms with Crippen LogP contribution in [0.5, 0.6) is 0 Å². The summed E-state index contributed by atoms with van der Waals surface area (Å²) in [5, 5.41) is 3.79. The molecule has 0 unspecified atom stereocenters. The number of para-hydroxylation sites is 1. The lowest BCUT2D eigenvalue weighted by Crippen LogP contribution is -2.21. The first kappa shape index (κ1) is 16.2. The van der Waals surface area contributed by atoms with Crippen LogP contribution in [-0.4, -0.2) is 28.5 Å². The minimum Gasteiger partial charge on any atom is -0.359 e. The third kappa shape index (κ3) is 4.20. The second-order valence-corrected chi connectivity index (χ2v) is 5.78. The van der Waals surface area contributed by atoms with Crippen LogP contribution in [0.25, 0.3) is 0 Å². The van der Waals surface area contributed by atoms with E-state index in [1.54, 1.807) is 6.20 Å². The summed E-state index contributed by atoms with van der Waals surface area (Å²) >= 11 is 6.16. The van der Waals surface area contributed by atoms with Crippen molar-refractivity contribution in [3.05, 3.63) is 71.6 Å². The molecule has 6 heteroatoms. The van der Waals surface area contributed by atoms with E-state index in [0.29, 0.717) is 11.0 Å². The Bertz CT molecular complexity index is 794. The first-order valence-electron chi connectivity index (χ1n) is 7.67. The van der Waals surface area contributed by atoms with E-state index in [0.717, 1.165) is 24.5 Å². The van der Waals surface area contributed by atoms with Crippen molar-refractivity contribution >= 4 is 29.1 Å². The van der Waals surface area contributed by atoms with Gasteiger partial charge in [-0.3, -0.25) is 4.98 Å². The van der Waals surface area contributed by atoms with Gasteiger partial charge in [-0.1, -0.05) is 23.7 Å². The number of halogens is 1. The maximum absolute atomic E-state index is 6.16. The summed E-state index contributed by atoms with van der Waals surface area (Å²) in [6, 6.07) is 13.5. The number of nitrogens with one attached hydrogen (secondary N) is 1. The number of aromatic nitrogens is 3. The number of pyridine rings is 1. The SMILES string of the molecule is CN(CCc1ccncc1)c1ccnc(Nc2ccccc2Cl)n1. The summed E-state index contributed by atoms with van der Waals surface area (Å²) < 4.78 is 0. The van der Waals surface area contributed by atoms with Gasteiger partial charge in [0.1, 0.15) is 5.82 Å². The minimum atomic E-state index is 0.524. The van der Waals surface area contributed by atoms with Gasteiger partial charge in [-0.2, -0.15) is 4.98 Å². The lowest BCUT2D eigenvalue weighted by atomic mass is 10.2. The number of hydrogen-bond acceptors (Lipinski definition) is 5. The number of anilines is 3. The van der Waals surface area contributed by atoms with Crippen LogP contribution in [0.15, 0.2) is 61.1 Å². The van der Waals surface area contributed by atoms with E-state index < -0.39 is 0 Å². The smallest absolute Gasteiger partial charge is 0.229 e. The molecule has 2 aromatic heterocycles. The molecule has 122 valence electrons. The summed E-state index contributed by atoms with van der Waals surface area (Å²) in [6.45, 7) is 0.854. The van der Waals surface area contributed by atoms with Crippen molar-refractivity contribution in [1.82, 2.24) is 15.0 Å². The fourth-order valence-electron chi connectivity index (χ4n) is 2.27. The Morgan fingerprint density at radius 3 is 2.62 bits per heavy atom. The Hall–Kier alpha value is -2.66. The second-order valence-electron chi connectivity index (χ2n) is 5.37. The van der Waals surface area contributed by atoms with Gasteiger partial charge >= 0.3 is 0 Å². The highest BCUT2D eigenvalue weighted by Gasteiger charge is 2.06. The first-order valence-corrected chi connectivity index (χ1v) is 8.05. The van der Waals surface area contributed by atoms with E-state index in [1.165, 1.54) is 5.56 Å². The lowest BCUT2D eigenvalue weighted by molar-refractivity contribution is 0.855. The highest BCUT2D eigenvalue weighted by Crippen LogP contribution is 2.23. The summed E-state index contributed by atoms with van der Waals surface area (Å²) in [4.78, 5) is 14.9. The van der Waals surface area contributed by atoms with Crippen molar-refractivity contribution in [2.75, 3.05) is 23.8 Å². The summed E-state index contributed by atoms with van der Waals surface area (Å²) in [5.41, 5.74) is 2.04. The van der Waals surface area contributed by atoms with Gasteiger partial charge < -0.3 is 10.2 Å². The van der Waals surface area contributed by atoms with Crippen LogP contribution in [0.1, 0.15) is 5.56 Å². The third-order valence-corrected chi connectivity index (χ3v) is 3.97. The van der Waals surface area contributed by atoms with E-state index in [4.69, 9.17) is 11.6 Å². The molecule has 0 spiro atoms. The summed E-state index contributed by atoms with van der Waals surface area (Å²) in [5.74, 6) is 1.38. The molecule has 0 fully saturated rings. The van der Waals surface area contributed by atoms with Crippen LogP contribution in [-0.2, 0) is 6.42 Å². The van der Waals surface area contributed by atoms with Crippen LogP contribution in [0.2, 0.25) is 5.02 Å². The minimum absolute atomic E-state index is 0.524. The van der Waals surface area contributed by atoms with E-state index in [2.05, 4.69) is 25.2 Å². The summed E-state index contributed by atoms with van der Waals surface area (Å²) in [6.07, 6.45) is 6.29. The van der Waals surface area contributed by atoms with Crippen LogP contribution >= 0.6 is 11.6 Å². The number of nitrogens with zero attached hydrogens (tertiary/aromatic N) is 4. The highest BCUT2D eigenvalue weighted by atomic mass is 35.5. The zero-order chi connectivity index (χ0) is 16.8. The zero-order valence-corrected chi connectivity index (χ0v) is 14.1. The molecule has 24 heavy (non-hydrogen) atoms. The van der Waals surface area contributed by atoms with E-state index in [-0.39, 0.29) is 0 Å². The number of rotatable bonds is 6. The number of likely N-dealkylation sites (N-methyl/N-ethyl adjacent to an activating group) is 1. The average Bonchev–Trinajstić information content (AvgIpc) is 2.63. The number of hydrogen-bond donors (Lipinski definition) is 1. The molecule has 5 nitrogen and oxygen atoms in total. The molecule has 0 atom stereocenters. The predicted molar refractivity (Wildman–Crippen MR) is 98.0 cm³/mol. The summed E-state index contributed by atoms with van der Waals surface area (Å²) in [7, 11) is 2.02. The molecule has 3 aromatic rings. The molecule has 0 aliphatic heterocycles. The Morgan fingerprint density at radius 1 is 1.04 bits per heavy atom. The Morgan fingerprint density at radius 2 is 1.83 bits per heavy atom. The monoisotopic (exact) mass is 339 g/mol. The molecule has 0 aliphatic carbocycles. The fraction of sp³-hybridized carbons (Fsp3) is 0.167. The Labute approximate surface area is 146 Å². The van der Waals surface area contributed by atoms with Crippen LogP contribution in [0.4, 0.5) is 17.5 Å². The lowest BCUT2D eigenvalue weighted by Gasteiger charge is -2.18. The maximum atomic E-state index is 6.16. The van der Waals surface area contributed by atoms with Crippen molar-refractivity contribution in [3.63, 3.8) is 0 Å². The molecular formula is C18H18ClN5. The molecule has 0 bridgehead atoms. The average molecular weight is 340 g/mol. The molecule has 0 saturated heterocycles. The quantitative estimate of drug-likeness (QED) is 0.737. The first-order chi connectivity index (χ1) is 11.7. The molecule has 1 N–H and O–H groups in total. The predicted octanol–water partition coefficient (Wildman–Crippen LogP) is 3.95. The van der Waals surface area contributed by atoms with Crippen LogP contribution in [0.3, 0.4) is 0 Å². The number of benzene rings is 1. The van der Waals surface area contributed by atoms with E-state index in [9.17, 15) is 0 Å². The molecule has 0 saturated carbocycles. The van der Waals surface area contributed by atoms with Gasteiger partial charge in [0.25, 0.3) is 0 Å². The van der Waals surface area contributed by atoms with Gasteiger partial charge in [0.15, 0.2) is 0 Å². The largest absolute Gasteiger partial charge is 0.359 e. The van der Waals surface area contributed by atoms with Crippen LogP contribution < -0.4 is 10.2 Å². The Kier molecular flexibility index (Phi) is 5.23. The van der Waals surface area contributed by atoms with E-state index >= 15 is 0 Å². The Balaban J connectivity index is 1.67. The van der Waals surface area contributed by atoms with Crippen molar-refractivity contribution in [2.24, 2.45) is 0 Å².